The van der Waals surface area contributed by atoms with Gasteiger partial charge in [-0.3, -0.25) is 0 Å². The third kappa shape index (κ3) is 3.67. The average Bonchev–Trinajstić information content (AvgIpc) is 2.32. The van der Waals surface area contributed by atoms with Crippen molar-refractivity contribution in [3.05, 3.63) is 35.9 Å². The van der Waals surface area contributed by atoms with Gasteiger partial charge in [0, 0.05) is 0 Å². The summed E-state index contributed by atoms with van der Waals surface area (Å²) in [5.74, 6) is 0. The molecule has 0 atom stereocenters. The first-order valence-corrected chi connectivity index (χ1v) is 6.12. The van der Waals surface area contributed by atoms with Gasteiger partial charge in [-0.1, -0.05) is 30.7 Å². The Morgan fingerprint density at radius 2 is 2.07 bits per heavy atom. The van der Waals surface area contributed by atoms with E-state index in [2.05, 4.69) is 29.2 Å². The summed E-state index contributed by atoms with van der Waals surface area (Å²) in [6.45, 7) is 3.91. The summed E-state index contributed by atoms with van der Waals surface area (Å²) in [6.07, 6.45) is 6.73. The van der Waals surface area contributed by atoms with Gasteiger partial charge in [0.05, 0.1) is 0 Å². The fraction of sp³-hybridized carbons (Fsp3) is 0.571. The van der Waals surface area contributed by atoms with E-state index < -0.39 is 0 Å². The van der Waals surface area contributed by atoms with Crippen molar-refractivity contribution in [3.8, 4) is 0 Å². The molecule has 15 heavy (non-hydrogen) atoms. The van der Waals surface area contributed by atoms with Crippen LogP contribution in [0.5, 0.6) is 0 Å². The highest BCUT2D eigenvalue weighted by Crippen LogP contribution is 2.10. The van der Waals surface area contributed by atoms with Gasteiger partial charge in [0.1, 0.15) is 0 Å². The lowest BCUT2D eigenvalue weighted by Gasteiger charge is -2.26. The third-order valence-corrected chi connectivity index (χ3v) is 3.16. The second-order valence-corrected chi connectivity index (χ2v) is 4.42. The number of benzene rings is 1. The molecule has 1 heteroatoms. The lowest BCUT2D eigenvalue weighted by atomic mass is 10.1. The van der Waals surface area contributed by atoms with E-state index in [1.807, 2.05) is 6.07 Å². The minimum atomic E-state index is 1.20. The molecule has 0 N–H and O–H groups in total. The summed E-state index contributed by atoms with van der Waals surface area (Å²) in [7, 11) is 0. The SMILES string of the molecule is [c]1cccc(CCCN2CCCCC2)c1. The number of nitrogens with zero attached hydrogens (tertiary/aromatic N) is 1. The fourth-order valence-corrected chi connectivity index (χ4v) is 2.28. The van der Waals surface area contributed by atoms with Gasteiger partial charge in [0.15, 0.2) is 0 Å². The van der Waals surface area contributed by atoms with Crippen molar-refractivity contribution in [3.63, 3.8) is 0 Å². The van der Waals surface area contributed by atoms with Gasteiger partial charge in [-0.05, 0) is 56.9 Å². The zero-order chi connectivity index (χ0) is 10.3. The Morgan fingerprint density at radius 3 is 2.80 bits per heavy atom. The summed E-state index contributed by atoms with van der Waals surface area (Å²) < 4.78 is 0. The van der Waals surface area contributed by atoms with Crippen LogP contribution in [0.3, 0.4) is 0 Å². The molecule has 1 aliphatic rings. The number of likely N-dealkylation sites (tertiary alicyclic amines) is 1. The first-order chi connectivity index (χ1) is 7.45. The molecular weight excluding hydrogens is 182 g/mol. The second-order valence-electron chi connectivity index (χ2n) is 4.42. The van der Waals surface area contributed by atoms with E-state index in [4.69, 9.17) is 0 Å². The van der Waals surface area contributed by atoms with Crippen LogP contribution in [0, 0.1) is 6.07 Å². The van der Waals surface area contributed by atoms with Crippen LogP contribution in [0.15, 0.2) is 24.3 Å². The predicted molar refractivity (Wildman–Crippen MR) is 63.9 cm³/mol. The molecule has 2 rings (SSSR count). The van der Waals surface area contributed by atoms with Crippen LogP contribution >= 0.6 is 0 Å². The van der Waals surface area contributed by atoms with E-state index >= 15 is 0 Å². The zero-order valence-electron chi connectivity index (χ0n) is 9.41. The summed E-state index contributed by atoms with van der Waals surface area (Å²) in [5.41, 5.74) is 1.43. The largest absolute Gasteiger partial charge is 0.303 e. The van der Waals surface area contributed by atoms with Crippen LogP contribution in [0.25, 0.3) is 0 Å². The van der Waals surface area contributed by atoms with Gasteiger partial charge < -0.3 is 4.90 Å². The standard InChI is InChI=1S/C14H20N/c1-3-8-14(9-4-1)10-7-13-15-11-5-2-6-12-15/h1,3,8-9H,2,5-7,10-13H2. The van der Waals surface area contributed by atoms with E-state index in [-0.39, 0.29) is 0 Å². The van der Waals surface area contributed by atoms with Gasteiger partial charge in [0.2, 0.25) is 0 Å². The maximum absolute atomic E-state index is 3.14. The van der Waals surface area contributed by atoms with Crippen LogP contribution in [-0.4, -0.2) is 24.5 Å². The average molecular weight is 202 g/mol. The lowest BCUT2D eigenvalue weighted by Crippen LogP contribution is -2.30. The Balaban J connectivity index is 1.66. The molecule has 1 saturated heterocycles. The molecule has 1 heterocycles. The molecule has 0 spiro atoms. The van der Waals surface area contributed by atoms with Crippen molar-refractivity contribution < 1.29 is 0 Å². The van der Waals surface area contributed by atoms with Gasteiger partial charge in [-0.25, -0.2) is 0 Å². The third-order valence-electron chi connectivity index (χ3n) is 3.16. The van der Waals surface area contributed by atoms with Gasteiger partial charge in [0.25, 0.3) is 0 Å². The molecule has 0 aliphatic carbocycles. The molecule has 0 unspecified atom stereocenters. The van der Waals surface area contributed by atoms with Crippen LogP contribution in [0.2, 0.25) is 0 Å². The lowest BCUT2D eigenvalue weighted by molar-refractivity contribution is 0.226. The Kier molecular flexibility index (Phi) is 4.22. The first kappa shape index (κ1) is 10.7. The van der Waals surface area contributed by atoms with Crippen molar-refractivity contribution >= 4 is 0 Å². The Morgan fingerprint density at radius 1 is 1.20 bits per heavy atom. The predicted octanol–water partition coefficient (Wildman–Crippen LogP) is 2.91. The minimum Gasteiger partial charge on any atom is -0.303 e. The van der Waals surface area contributed by atoms with Gasteiger partial charge in [-0.2, -0.15) is 0 Å². The molecule has 1 radical (unpaired) electrons. The molecule has 1 aromatic rings. The monoisotopic (exact) mass is 202 g/mol. The van der Waals surface area contributed by atoms with Gasteiger partial charge >= 0.3 is 0 Å². The summed E-state index contributed by atoms with van der Waals surface area (Å²) >= 11 is 0. The molecule has 81 valence electrons. The summed E-state index contributed by atoms with van der Waals surface area (Å²) in [5, 5.41) is 0. The molecule has 1 aliphatic heterocycles. The molecule has 1 nitrogen and oxygen atoms in total. The van der Waals surface area contributed by atoms with E-state index in [1.54, 1.807) is 0 Å². The van der Waals surface area contributed by atoms with E-state index in [9.17, 15) is 0 Å². The molecule has 1 aromatic carbocycles. The van der Waals surface area contributed by atoms with Crippen molar-refractivity contribution in [2.24, 2.45) is 0 Å². The Bertz CT molecular complexity index is 262. The van der Waals surface area contributed by atoms with E-state index in [1.165, 1.54) is 57.3 Å². The highest BCUT2D eigenvalue weighted by molar-refractivity contribution is 5.13. The quantitative estimate of drug-likeness (QED) is 0.725. The highest BCUT2D eigenvalue weighted by atomic mass is 15.1. The highest BCUT2D eigenvalue weighted by Gasteiger charge is 2.08. The molecule has 1 fully saturated rings. The van der Waals surface area contributed by atoms with Crippen molar-refractivity contribution in [2.75, 3.05) is 19.6 Å². The van der Waals surface area contributed by atoms with Crippen LogP contribution in [0.1, 0.15) is 31.2 Å². The zero-order valence-corrected chi connectivity index (χ0v) is 9.41. The molecule has 0 saturated carbocycles. The topological polar surface area (TPSA) is 3.24 Å². The number of piperidine rings is 1. The fourth-order valence-electron chi connectivity index (χ4n) is 2.28. The first-order valence-electron chi connectivity index (χ1n) is 6.12. The normalized spacial score (nSPS) is 17.9. The number of aryl methyl sites for hydroxylation is 1. The van der Waals surface area contributed by atoms with Gasteiger partial charge in [-0.15, -0.1) is 0 Å². The molecule has 0 bridgehead atoms. The van der Waals surface area contributed by atoms with Crippen molar-refractivity contribution in [1.82, 2.24) is 4.90 Å². The number of hydrogen-bond donors (Lipinski definition) is 0. The molecule has 0 aromatic heterocycles. The Hall–Kier alpha value is -0.820. The van der Waals surface area contributed by atoms with Crippen molar-refractivity contribution in [1.29, 1.82) is 0 Å². The van der Waals surface area contributed by atoms with E-state index in [0.29, 0.717) is 0 Å². The van der Waals surface area contributed by atoms with E-state index in [0.717, 1.165) is 0 Å². The smallest absolute Gasteiger partial charge is 0.00156 e. The number of hydrogen-bond acceptors (Lipinski definition) is 1. The Labute approximate surface area is 93.1 Å². The summed E-state index contributed by atoms with van der Waals surface area (Å²) in [4.78, 5) is 2.61. The maximum Gasteiger partial charge on any atom is -0.00156 e. The number of rotatable bonds is 4. The van der Waals surface area contributed by atoms with Crippen molar-refractivity contribution in [2.45, 2.75) is 32.1 Å². The van der Waals surface area contributed by atoms with Crippen LogP contribution in [-0.2, 0) is 6.42 Å². The molecular formula is C14H20N. The minimum absolute atomic E-state index is 1.20. The second kappa shape index (κ2) is 5.92. The maximum atomic E-state index is 3.14. The summed E-state index contributed by atoms with van der Waals surface area (Å²) in [6, 6.07) is 11.5. The van der Waals surface area contributed by atoms with Crippen LogP contribution in [0.4, 0.5) is 0 Å². The van der Waals surface area contributed by atoms with Crippen LogP contribution < -0.4 is 0 Å². The molecule has 0 amide bonds.